The van der Waals surface area contributed by atoms with Gasteiger partial charge in [-0.1, -0.05) is 36.4 Å². The number of aliphatic imine (C=N–C) groups is 1. The van der Waals surface area contributed by atoms with Gasteiger partial charge in [0.1, 0.15) is 0 Å². The smallest absolute Gasteiger partial charge is 0.223 e. The molecule has 4 heteroatoms. The molecule has 2 aromatic carbocycles. The number of para-hydroxylation sites is 1. The largest absolute Gasteiger partial charge is 0.343 e. The summed E-state index contributed by atoms with van der Waals surface area (Å²) in [6, 6.07) is 17.3. The van der Waals surface area contributed by atoms with Gasteiger partial charge in [-0.3, -0.25) is 9.79 Å². The Morgan fingerprint density at radius 1 is 1.11 bits per heavy atom. The van der Waals surface area contributed by atoms with Crippen LogP contribution in [0.25, 0.3) is 0 Å². The van der Waals surface area contributed by atoms with E-state index >= 15 is 0 Å². The minimum Gasteiger partial charge on any atom is -0.343 e. The third-order valence-corrected chi connectivity index (χ3v) is 5.92. The molecule has 2 aliphatic rings. The summed E-state index contributed by atoms with van der Waals surface area (Å²) in [7, 11) is 4.03. The van der Waals surface area contributed by atoms with Gasteiger partial charge in [0.15, 0.2) is 0 Å². The van der Waals surface area contributed by atoms with Crippen molar-refractivity contribution >= 4 is 17.3 Å². The van der Waals surface area contributed by atoms with Crippen LogP contribution in [0.2, 0.25) is 0 Å². The number of benzene rings is 2. The molecular weight excluding hydrogens is 346 g/mol. The van der Waals surface area contributed by atoms with Gasteiger partial charge >= 0.3 is 0 Å². The third kappa shape index (κ3) is 4.17. The van der Waals surface area contributed by atoms with E-state index in [1.807, 2.05) is 19.0 Å². The summed E-state index contributed by atoms with van der Waals surface area (Å²) in [4.78, 5) is 21.3. The SMILES string of the molecule is CN(C)CCC(=O)N1CCC(c2cccc(C3=Nc4ccccc4C3)c2)CC1. The van der Waals surface area contributed by atoms with Crippen molar-refractivity contribution in [1.82, 2.24) is 9.80 Å². The molecule has 0 spiro atoms. The molecule has 0 saturated carbocycles. The van der Waals surface area contributed by atoms with Crippen molar-refractivity contribution in [2.24, 2.45) is 4.99 Å². The molecule has 0 unspecified atom stereocenters. The van der Waals surface area contributed by atoms with Gasteiger partial charge in [0.05, 0.1) is 11.4 Å². The van der Waals surface area contributed by atoms with Gasteiger partial charge in [-0.25, -0.2) is 0 Å². The van der Waals surface area contributed by atoms with Crippen LogP contribution in [0, 0.1) is 0 Å². The fourth-order valence-electron chi connectivity index (χ4n) is 4.21. The second-order valence-electron chi connectivity index (χ2n) is 8.20. The molecule has 4 nitrogen and oxygen atoms in total. The number of rotatable bonds is 5. The van der Waals surface area contributed by atoms with Crippen LogP contribution >= 0.6 is 0 Å². The van der Waals surface area contributed by atoms with Crippen molar-refractivity contribution < 1.29 is 4.79 Å². The number of hydrogen-bond acceptors (Lipinski definition) is 3. The molecule has 1 fully saturated rings. The summed E-state index contributed by atoms with van der Waals surface area (Å²) in [5.41, 5.74) is 6.20. The second-order valence-corrected chi connectivity index (χ2v) is 8.20. The molecule has 0 aliphatic carbocycles. The molecule has 146 valence electrons. The van der Waals surface area contributed by atoms with Crippen LogP contribution < -0.4 is 0 Å². The van der Waals surface area contributed by atoms with Crippen LogP contribution in [0.15, 0.2) is 53.5 Å². The summed E-state index contributed by atoms with van der Waals surface area (Å²) in [5, 5.41) is 0. The third-order valence-electron chi connectivity index (χ3n) is 5.92. The van der Waals surface area contributed by atoms with Crippen molar-refractivity contribution in [3.8, 4) is 0 Å². The number of nitrogens with zero attached hydrogens (tertiary/aromatic N) is 3. The van der Waals surface area contributed by atoms with E-state index in [0.29, 0.717) is 18.2 Å². The van der Waals surface area contributed by atoms with Gasteiger partial charge in [-0.05, 0) is 61.7 Å². The van der Waals surface area contributed by atoms with Gasteiger partial charge in [0, 0.05) is 32.5 Å². The summed E-state index contributed by atoms with van der Waals surface area (Å²) >= 11 is 0. The van der Waals surface area contributed by atoms with Gasteiger partial charge in [-0.2, -0.15) is 0 Å². The van der Waals surface area contributed by atoms with E-state index in [1.165, 1.54) is 22.4 Å². The number of likely N-dealkylation sites (tertiary alicyclic amines) is 1. The standard InChI is InChI=1S/C24H29N3O/c1-26(2)13-12-24(28)27-14-10-18(11-15-27)19-7-5-8-20(16-19)23-17-21-6-3-4-9-22(21)25-23/h3-9,16,18H,10-15,17H2,1-2H3. The van der Waals surface area contributed by atoms with Crippen molar-refractivity contribution in [3.63, 3.8) is 0 Å². The monoisotopic (exact) mass is 375 g/mol. The molecule has 0 atom stereocenters. The summed E-state index contributed by atoms with van der Waals surface area (Å²) < 4.78 is 0. The number of carbonyl (C=O) groups is 1. The zero-order chi connectivity index (χ0) is 19.5. The lowest BCUT2D eigenvalue weighted by Crippen LogP contribution is -2.39. The van der Waals surface area contributed by atoms with Crippen LogP contribution in [0.1, 0.15) is 41.9 Å². The molecule has 0 N–H and O–H groups in total. The number of carbonyl (C=O) groups excluding carboxylic acids is 1. The predicted octanol–water partition coefficient (Wildman–Crippen LogP) is 4.02. The molecular formula is C24H29N3O. The maximum atomic E-state index is 12.4. The Morgan fingerprint density at radius 2 is 1.89 bits per heavy atom. The molecule has 2 heterocycles. The highest BCUT2D eigenvalue weighted by Crippen LogP contribution is 2.32. The molecule has 0 bridgehead atoms. The molecule has 1 amide bonds. The fourth-order valence-corrected chi connectivity index (χ4v) is 4.21. The van der Waals surface area contributed by atoms with Crippen molar-refractivity contribution in [2.75, 3.05) is 33.7 Å². The summed E-state index contributed by atoms with van der Waals surface area (Å²) in [6.07, 6.45) is 3.62. The lowest BCUT2D eigenvalue weighted by molar-refractivity contribution is -0.132. The Hall–Kier alpha value is -2.46. The normalized spacial score (nSPS) is 17.0. The maximum Gasteiger partial charge on any atom is 0.223 e. The molecule has 28 heavy (non-hydrogen) atoms. The van der Waals surface area contributed by atoms with Crippen LogP contribution in [0.4, 0.5) is 5.69 Å². The van der Waals surface area contributed by atoms with E-state index in [9.17, 15) is 4.79 Å². The van der Waals surface area contributed by atoms with E-state index in [1.54, 1.807) is 0 Å². The average molecular weight is 376 g/mol. The van der Waals surface area contributed by atoms with Crippen LogP contribution in [-0.4, -0.2) is 55.1 Å². The summed E-state index contributed by atoms with van der Waals surface area (Å²) in [5.74, 6) is 0.821. The van der Waals surface area contributed by atoms with Crippen molar-refractivity contribution in [2.45, 2.75) is 31.6 Å². The Bertz CT molecular complexity index is 879. The minimum absolute atomic E-state index is 0.291. The molecule has 1 saturated heterocycles. The van der Waals surface area contributed by atoms with Crippen LogP contribution in [0.3, 0.4) is 0 Å². The Kier molecular flexibility index (Phi) is 5.58. The molecule has 2 aromatic rings. The topological polar surface area (TPSA) is 35.9 Å². The zero-order valence-electron chi connectivity index (χ0n) is 16.9. The van der Waals surface area contributed by atoms with E-state index < -0.39 is 0 Å². The first kappa shape index (κ1) is 18.9. The molecule has 4 rings (SSSR count). The van der Waals surface area contributed by atoms with E-state index in [0.717, 1.165) is 44.6 Å². The first-order valence-corrected chi connectivity index (χ1v) is 10.3. The summed E-state index contributed by atoms with van der Waals surface area (Å²) in [6.45, 7) is 2.56. The van der Waals surface area contributed by atoms with E-state index in [-0.39, 0.29) is 0 Å². The van der Waals surface area contributed by atoms with E-state index in [2.05, 4.69) is 53.4 Å². The Labute approximate surface area is 167 Å². The fraction of sp³-hybridized carbons (Fsp3) is 0.417. The highest BCUT2D eigenvalue weighted by Gasteiger charge is 2.24. The van der Waals surface area contributed by atoms with E-state index in [4.69, 9.17) is 4.99 Å². The quantitative estimate of drug-likeness (QED) is 0.791. The number of hydrogen-bond donors (Lipinski definition) is 0. The Balaban J connectivity index is 1.39. The molecule has 0 aromatic heterocycles. The van der Waals surface area contributed by atoms with Crippen molar-refractivity contribution in [3.05, 3.63) is 65.2 Å². The minimum atomic E-state index is 0.291. The van der Waals surface area contributed by atoms with Gasteiger partial charge in [0.25, 0.3) is 0 Å². The first-order chi connectivity index (χ1) is 13.6. The highest BCUT2D eigenvalue weighted by atomic mass is 16.2. The second kappa shape index (κ2) is 8.27. The average Bonchev–Trinajstić information content (AvgIpc) is 3.16. The Morgan fingerprint density at radius 3 is 2.64 bits per heavy atom. The number of amides is 1. The first-order valence-electron chi connectivity index (χ1n) is 10.3. The van der Waals surface area contributed by atoms with Gasteiger partial charge in [0.2, 0.25) is 5.91 Å². The number of piperidine rings is 1. The zero-order valence-corrected chi connectivity index (χ0v) is 16.9. The van der Waals surface area contributed by atoms with Crippen LogP contribution in [-0.2, 0) is 11.2 Å². The molecule has 2 aliphatic heterocycles. The lowest BCUT2D eigenvalue weighted by atomic mass is 9.87. The lowest BCUT2D eigenvalue weighted by Gasteiger charge is -2.32. The van der Waals surface area contributed by atoms with Gasteiger partial charge in [-0.15, -0.1) is 0 Å². The van der Waals surface area contributed by atoms with Crippen molar-refractivity contribution in [1.29, 1.82) is 0 Å². The highest BCUT2D eigenvalue weighted by molar-refractivity contribution is 6.06. The maximum absolute atomic E-state index is 12.4. The number of fused-ring (bicyclic) bond motifs is 1. The van der Waals surface area contributed by atoms with Gasteiger partial charge < -0.3 is 9.80 Å². The van der Waals surface area contributed by atoms with Crippen LogP contribution in [0.5, 0.6) is 0 Å². The molecule has 0 radical (unpaired) electrons. The predicted molar refractivity (Wildman–Crippen MR) is 115 cm³/mol.